The molecule has 0 amide bonds. The summed E-state index contributed by atoms with van der Waals surface area (Å²) in [5.41, 5.74) is 2.07. The SMILES string of the molecule is COc1ccc(CN(C)Cc2nnc(-c3ccc(OC)cc3)o2)cc1. The van der Waals surface area contributed by atoms with E-state index in [9.17, 15) is 0 Å². The molecule has 0 unspecified atom stereocenters. The summed E-state index contributed by atoms with van der Waals surface area (Å²) in [4.78, 5) is 2.12. The summed E-state index contributed by atoms with van der Waals surface area (Å²) in [7, 11) is 5.32. The fraction of sp³-hybridized carbons (Fsp3) is 0.263. The van der Waals surface area contributed by atoms with Crippen LogP contribution in [-0.2, 0) is 13.1 Å². The van der Waals surface area contributed by atoms with Crippen LogP contribution >= 0.6 is 0 Å². The highest BCUT2D eigenvalue weighted by Gasteiger charge is 2.11. The Bertz CT molecular complexity index is 798. The van der Waals surface area contributed by atoms with E-state index >= 15 is 0 Å². The molecule has 3 rings (SSSR count). The summed E-state index contributed by atoms with van der Waals surface area (Å²) in [5, 5.41) is 8.26. The molecule has 0 saturated carbocycles. The second-order valence-corrected chi connectivity index (χ2v) is 5.75. The lowest BCUT2D eigenvalue weighted by Crippen LogP contribution is -2.17. The van der Waals surface area contributed by atoms with Gasteiger partial charge in [0.1, 0.15) is 11.5 Å². The molecular weight excluding hydrogens is 318 g/mol. The van der Waals surface area contributed by atoms with E-state index in [1.807, 2.05) is 55.6 Å². The maximum atomic E-state index is 5.76. The maximum absolute atomic E-state index is 5.76. The minimum atomic E-state index is 0.510. The third-order valence-electron chi connectivity index (χ3n) is 3.82. The van der Waals surface area contributed by atoms with Crippen molar-refractivity contribution >= 4 is 0 Å². The molecule has 25 heavy (non-hydrogen) atoms. The summed E-state index contributed by atoms with van der Waals surface area (Å²) in [6.45, 7) is 1.36. The average molecular weight is 339 g/mol. The highest BCUT2D eigenvalue weighted by atomic mass is 16.5. The van der Waals surface area contributed by atoms with Gasteiger partial charge in [-0.05, 0) is 49.0 Å². The van der Waals surface area contributed by atoms with Gasteiger partial charge in [0.2, 0.25) is 11.8 Å². The molecule has 130 valence electrons. The van der Waals surface area contributed by atoms with Crippen LogP contribution in [0.25, 0.3) is 11.5 Å². The molecule has 0 spiro atoms. The van der Waals surface area contributed by atoms with Gasteiger partial charge in [0.05, 0.1) is 20.8 Å². The lowest BCUT2D eigenvalue weighted by atomic mass is 10.2. The Morgan fingerprint density at radius 3 is 2.04 bits per heavy atom. The van der Waals surface area contributed by atoms with Crippen molar-refractivity contribution in [2.75, 3.05) is 21.3 Å². The molecule has 0 aliphatic rings. The minimum absolute atomic E-state index is 0.510. The van der Waals surface area contributed by atoms with Gasteiger partial charge in [-0.2, -0.15) is 0 Å². The maximum Gasteiger partial charge on any atom is 0.247 e. The number of aromatic nitrogens is 2. The van der Waals surface area contributed by atoms with Gasteiger partial charge < -0.3 is 13.9 Å². The molecule has 1 aromatic heterocycles. The largest absolute Gasteiger partial charge is 0.497 e. The first-order chi connectivity index (χ1) is 12.2. The zero-order chi connectivity index (χ0) is 17.6. The Morgan fingerprint density at radius 1 is 0.840 bits per heavy atom. The van der Waals surface area contributed by atoms with Gasteiger partial charge in [0.25, 0.3) is 0 Å². The first-order valence-corrected chi connectivity index (χ1v) is 7.96. The Kier molecular flexibility index (Phi) is 5.30. The zero-order valence-electron chi connectivity index (χ0n) is 14.6. The van der Waals surface area contributed by atoms with Crippen molar-refractivity contribution in [3.63, 3.8) is 0 Å². The third kappa shape index (κ3) is 4.36. The molecule has 0 saturated heterocycles. The van der Waals surface area contributed by atoms with Crippen LogP contribution in [0.15, 0.2) is 52.9 Å². The van der Waals surface area contributed by atoms with Crippen molar-refractivity contribution < 1.29 is 13.9 Å². The van der Waals surface area contributed by atoms with Crippen molar-refractivity contribution in [2.45, 2.75) is 13.1 Å². The second-order valence-electron chi connectivity index (χ2n) is 5.75. The average Bonchev–Trinajstić information content (AvgIpc) is 3.10. The highest BCUT2D eigenvalue weighted by Crippen LogP contribution is 2.21. The Morgan fingerprint density at radius 2 is 1.44 bits per heavy atom. The lowest BCUT2D eigenvalue weighted by Gasteiger charge is -2.14. The van der Waals surface area contributed by atoms with Crippen LogP contribution in [-0.4, -0.2) is 36.4 Å². The van der Waals surface area contributed by atoms with Crippen LogP contribution in [0.5, 0.6) is 11.5 Å². The van der Waals surface area contributed by atoms with E-state index in [-0.39, 0.29) is 0 Å². The number of ether oxygens (including phenoxy) is 2. The van der Waals surface area contributed by atoms with E-state index in [2.05, 4.69) is 15.1 Å². The molecule has 0 radical (unpaired) electrons. The van der Waals surface area contributed by atoms with Crippen LogP contribution in [0.4, 0.5) is 0 Å². The van der Waals surface area contributed by atoms with Gasteiger partial charge in [-0.1, -0.05) is 12.1 Å². The van der Waals surface area contributed by atoms with Crippen LogP contribution in [0.1, 0.15) is 11.5 Å². The number of methoxy groups -OCH3 is 2. The normalized spacial score (nSPS) is 10.9. The molecule has 0 fully saturated rings. The van der Waals surface area contributed by atoms with Crippen LogP contribution < -0.4 is 9.47 Å². The van der Waals surface area contributed by atoms with Gasteiger partial charge in [-0.3, -0.25) is 4.90 Å². The van der Waals surface area contributed by atoms with E-state index in [1.54, 1.807) is 14.2 Å². The lowest BCUT2D eigenvalue weighted by molar-refractivity contribution is 0.282. The fourth-order valence-corrected chi connectivity index (χ4v) is 2.50. The summed E-state index contributed by atoms with van der Waals surface area (Å²) < 4.78 is 16.1. The Hall–Kier alpha value is -2.86. The Balaban J connectivity index is 1.61. The molecule has 0 aliphatic heterocycles. The summed E-state index contributed by atoms with van der Waals surface area (Å²) in [5.74, 6) is 2.74. The van der Waals surface area contributed by atoms with Gasteiger partial charge in [0, 0.05) is 12.1 Å². The number of hydrogen-bond donors (Lipinski definition) is 0. The van der Waals surface area contributed by atoms with E-state index in [4.69, 9.17) is 13.9 Å². The van der Waals surface area contributed by atoms with Crippen LogP contribution in [0, 0.1) is 0 Å². The number of rotatable bonds is 7. The topological polar surface area (TPSA) is 60.6 Å². The van der Waals surface area contributed by atoms with Crippen molar-refractivity contribution in [2.24, 2.45) is 0 Å². The van der Waals surface area contributed by atoms with Gasteiger partial charge in [-0.15, -0.1) is 10.2 Å². The zero-order valence-corrected chi connectivity index (χ0v) is 14.6. The van der Waals surface area contributed by atoms with Crippen molar-refractivity contribution in [1.82, 2.24) is 15.1 Å². The fourth-order valence-electron chi connectivity index (χ4n) is 2.50. The molecule has 0 N–H and O–H groups in total. The van der Waals surface area contributed by atoms with Crippen molar-refractivity contribution in [1.29, 1.82) is 0 Å². The number of benzene rings is 2. The monoisotopic (exact) mass is 339 g/mol. The molecule has 2 aromatic carbocycles. The molecule has 0 bridgehead atoms. The van der Waals surface area contributed by atoms with Crippen LogP contribution in [0.3, 0.4) is 0 Å². The molecular formula is C19H21N3O3. The van der Waals surface area contributed by atoms with E-state index in [0.29, 0.717) is 18.3 Å². The van der Waals surface area contributed by atoms with Gasteiger partial charge in [0.15, 0.2) is 0 Å². The van der Waals surface area contributed by atoms with E-state index in [0.717, 1.165) is 23.6 Å². The number of nitrogens with zero attached hydrogens (tertiary/aromatic N) is 3. The third-order valence-corrected chi connectivity index (χ3v) is 3.82. The Labute approximate surface area is 147 Å². The highest BCUT2D eigenvalue weighted by molar-refractivity contribution is 5.53. The predicted molar refractivity (Wildman–Crippen MR) is 94.5 cm³/mol. The standard InChI is InChI=1S/C19H21N3O3/c1-22(12-14-4-8-16(23-2)9-5-14)13-18-20-21-19(25-18)15-6-10-17(24-3)11-7-15/h4-11H,12-13H2,1-3H3. The first kappa shape index (κ1) is 17.0. The first-order valence-electron chi connectivity index (χ1n) is 7.96. The molecule has 6 nitrogen and oxygen atoms in total. The summed E-state index contributed by atoms with van der Waals surface area (Å²) in [6, 6.07) is 15.5. The molecule has 1 heterocycles. The molecule has 0 atom stereocenters. The smallest absolute Gasteiger partial charge is 0.247 e. The van der Waals surface area contributed by atoms with Crippen LogP contribution in [0.2, 0.25) is 0 Å². The summed E-state index contributed by atoms with van der Waals surface area (Å²) in [6.07, 6.45) is 0. The number of hydrogen-bond acceptors (Lipinski definition) is 6. The van der Waals surface area contributed by atoms with Crippen molar-refractivity contribution in [3.8, 4) is 23.0 Å². The molecule has 0 aliphatic carbocycles. The molecule has 6 heteroatoms. The minimum Gasteiger partial charge on any atom is -0.497 e. The quantitative estimate of drug-likeness (QED) is 0.657. The van der Waals surface area contributed by atoms with Gasteiger partial charge >= 0.3 is 0 Å². The second kappa shape index (κ2) is 7.81. The van der Waals surface area contributed by atoms with Crippen molar-refractivity contribution in [3.05, 3.63) is 60.0 Å². The predicted octanol–water partition coefficient (Wildman–Crippen LogP) is 3.39. The molecule has 3 aromatic rings. The van der Waals surface area contributed by atoms with Gasteiger partial charge in [-0.25, -0.2) is 0 Å². The van der Waals surface area contributed by atoms with E-state index < -0.39 is 0 Å². The van der Waals surface area contributed by atoms with E-state index in [1.165, 1.54) is 5.56 Å². The summed E-state index contributed by atoms with van der Waals surface area (Å²) >= 11 is 0.